The SMILES string of the molecule is NC1(C(=O)N2CCN(Cc3nc4ccccc4s3)CC2)CCOCC1. The van der Waals surface area contributed by atoms with Gasteiger partial charge in [0, 0.05) is 39.4 Å². The third-order valence-electron chi connectivity index (χ3n) is 5.17. The molecule has 0 bridgehead atoms. The van der Waals surface area contributed by atoms with E-state index in [0.717, 1.165) is 43.2 Å². The summed E-state index contributed by atoms with van der Waals surface area (Å²) in [7, 11) is 0. The van der Waals surface area contributed by atoms with E-state index < -0.39 is 5.54 Å². The number of ether oxygens (including phenoxy) is 1. The van der Waals surface area contributed by atoms with Crippen LogP contribution in [0.4, 0.5) is 0 Å². The monoisotopic (exact) mass is 360 g/mol. The number of amides is 1. The van der Waals surface area contributed by atoms with Gasteiger partial charge in [0.05, 0.1) is 22.3 Å². The molecule has 2 N–H and O–H groups in total. The molecule has 134 valence electrons. The molecule has 25 heavy (non-hydrogen) atoms. The Labute approximate surface area is 151 Å². The maximum Gasteiger partial charge on any atom is 0.242 e. The molecule has 2 fully saturated rings. The van der Waals surface area contributed by atoms with Crippen molar-refractivity contribution in [3.63, 3.8) is 0 Å². The molecule has 6 nitrogen and oxygen atoms in total. The van der Waals surface area contributed by atoms with Crippen molar-refractivity contribution >= 4 is 27.5 Å². The smallest absolute Gasteiger partial charge is 0.242 e. The molecule has 1 aromatic heterocycles. The molecule has 2 saturated heterocycles. The highest BCUT2D eigenvalue weighted by molar-refractivity contribution is 7.18. The van der Waals surface area contributed by atoms with Crippen LogP contribution in [0.5, 0.6) is 0 Å². The van der Waals surface area contributed by atoms with E-state index in [0.29, 0.717) is 26.1 Å². The molecular formula is C18H24N4O2S. The van der Waals surface area contributed by atoms with E-state index in [2.05, 4.69) is 17.0 Å². The Balaban J connectivity index is 1.34. The minimum absolute atomic E-state index is 0.0930. The Morgan fingerprint density at radius 2 is 1.92 bits per heavy atom. The van der Waals surface area contributed by atoms with Gasteiger partial charge in [-0.2, -0.15) is 0 Å². The number of piperazine rings is 1. The number of carbonyl (C=O) groups excluding carboxylic acids is 1. The van der Waals surface area contributed by atoms with Crippen LogP contribution in [-0.2, 0) is 16.1 Å². The molecule has 0 radical (unpaired) electrons. The largest absolute Gasteiger partial charge is 0.381 e. The Morgan fingerprint density at radius 3 is 2.64 bits per heavy atom. The van der Waals surface area contributed by atoms with Crippen LogP contribution in [0, 0.1) is 0 Å². The molecule has 1 aromatic carbocycles. The Hall–Kier alpha value is -1.54. The molecular weight excluding hydrogens is 336 g/mol. The summed E-state index contributed by atoms with van der Waals surface area (Å²) < 4.78 is 6.58. The van der Waals surface area contributed by atoms with E-state index >= 15 is 0 Å². The number of hydrogen-bond acceptors (Lipinski definition) is 6. The number of hydrogen-bond donors (Lipinski definition) is 1. The molecule has 2 aliphatic rings. The van der Waals surface area contributed by atoms with Gasteiger partial charge >= 0.3 is 0 Å². The van der Waals surface area contributed by atoms with Crippen LogP contribution in [0.3, 0.4) is 0 Å². The van der Waals surface area contributed by atoms with Gasteiger partial charge in [-0.15, -0.1) is 11.3 Å². The summed E-state index contributed by atoms with van der Waals surface area (Å²) >= 11 is 1.75. The third-order valence-corrected chi connectivity index (χ3v) is 6.19. The Kier molecular flexibility index (Phi) is 4.73. The molecule has 2 aromatic rings. The van der Waals surface area contributed by atoms with Crippen LogP contribution >= 0.6 is 11.3 Å². The number of nitrogens with two attached hydrogens (primary N) is 1. The van der Waals surface area contributed by atoms with Crippen molar-refractivity contribution in [3.8, 4) is 0 Å². The Morgan fingerprint density at radius 1 is 1.20 bits per heavy atom. The van der Waals surface area contributed by atoms with E-state index in [4.69, 9.17) is 15.5 Å². The van der Waals surface area contributed by atoms with Crippen LogP contribution < -0.4 is 5.73 Å². The summed E-state index contributed by atoms with van der Waals surface area (Å²) in [6.07, 6.45) is 1.25. The summed E-state index contributed by atoms with van der Waals surface area (Å²) in [5.74, 6) is 0.0930. The van der Waals surface area contributed by atoms with E-state index in [1.54, 1.807) is 11.3 Å². The van der Waals surface area contributed by atoms with Gasteiger partial charge in [-0.05, 0) is 25.0 Å². The lowest BCUT2D eigenvalue weighted by molar-refractivity contribution is -0.142. The standard InChI is InChI=1S/C18H24N4O2S/c19-18(5-11-24-12-6-18)17(23)22-9-7-21(8-10-22)13-16-20-14-3-1-2-4-15(14)25-16/h1-4H,5-13,19H2. The molecule has 0 unspecified atom stereocenters. The topological polar surface area (TPSA) is 71.7 Å². The van der Waals surface area contributed by atoms with E-state index in [9.17, 15) is 4.79 Å². The fraction of sp³-hybridized carbons (Fsp3) is 0.556. The number of rotatable bonds is 3. The second kappa shape index (κ2) is 6.99. The van der Waals surface area contributed by atoms with Gasteiger partial charge in [0.2, 0.25) is 5.91 Å². The second-order valence-electron chi connectivity index (χ2n) is 6.91. The summed E-state index contributed by atoms with van der Waals surface area (Å²) in [6.45, 7) is 5.23. The normalized spacial score (nSPS) is 21.6. The summed E-state index contributed by atoms with van der Waals surface area (Å²) in [6, 6.07) is 8.24. The molecule has 7 heteroatoms. The molecule has 4 rings (SSSR count). The number of fused-ring (bicyclic) bond motifs is 1. The highest BCUT2D eigenvalue weighted by Crippen LogP contribution is 2.24. The molecule has 0 aliphatic carbocycles. The van der Waals surface area contributed by atoms with Gasteiger partial charge in [0.25, 0.3) is 0 Å². The first-order chi connectivity index (χ1) is 12.1. The van der Waals surface area contributed by atoms with E-state index in [1.807, 2.05) is 17.0 Å². The lowest BCUT2D eigenvalue weighted by Crippen LogP contribution is -2.61. The van der Waals surface area contributed by atoms with Crippen LogP contribution in [0.2, 0.25) is 0 Å². The highest BCUT2D eigenvalue weighted by Gasteiger charge is 2.39. The van der Waals surface area contributed by atoms with Crippen LogP contribution in [0.15, 0.2) is 24.3 Å². The minimum atomic E-state index is -0.729. The molecule has 3 heterocycles. The number of thiazole rings is 1. The molecule has 0 saturated carbocycles. The summed E-state index contributed by atoms with van der Waals surface area (Å²) in [4.78, 5) is 21.8. The summed E-state index contributed by atoms with van der Waals surface area (Å²) in [5, 5.41) is 1.14. The Bertz CT molecular complexity index is 715. The zero-order valence-corrected chi connectivity index (χ0v) is 15.1. The molecule has 0 spiro atoms. The zero-order valence-electron chi connectivity index (χ0n) is 14.3. The number of carbonyl (C=O) groups is 1. The average Bonchev–Trinajstić information content (AvgIpc) is 3.04. The number of benzene rings is 1. The first-order valence-corrected chi connectivity index (χ1v) is 9.68. The zero-order chi connectivity index (χ0) is 17.3. The first kappa shape index (κ1) is 16.9. The van der Waals surface area contributed by atoms with Crippen LogP contribution in [0.25, 0.3) is 10.2 Å². The van der Waals surface area contributed by atoms with Crippen molar-refractivity contribution in [1.82, 2.24) is 14.8 Å². The van der Waals surface area contributed by atoms with E-state index in [-0.39, 0.29) is 5.91 Å². The molecule has 0 atom stereocenters. The highest BCUT2D eigenvalue weighted by atomic mass is 32.1. The van der Waals surface area contributed by atoms with Crippen molar-refractivity contribution in [1.29, 1.82) is 0 Å². The van der Waals surface area contributed by atoms with Crippen molar-refractivity contribution in [2.24, 2.45) is 5.73 Å². The second-order valence-corrected chi connectivity index (χ2v) is 8.03. The fourth-order valence-corrected chi connectivity index (χ4v) is 4.56. The van der Waals surface area contributed by atoms with Crippen molar-refractivity contribution < 1.29 is 9.53 Å². The van der Waals surface area contributed by atoms with Crippen LogP contribution in [0.1, 0.15) is 17.8 Å². The van der Waals surface area contributed by atoms with Gasteiger partial charge < -0.3 is 15.4 Å². The van der Waals surface area contributed by atoms with Gasteiger partial charge in [-0.25, -0.2) is 4.98 Å². The lowest BCUT2D eigenvalue weighted by Gasteiger charge is -2.40. The maximum atomic E-state index is 12.8. The third kappa shape index (κ3) is 3.55. The number of aromatic nitrogens is 1. The first-order valence-electron chi connectivity index (χ1n) is 8.87. The average molecular weight is 360 g/mol. The van der Waals surface area contributed by atoms with E-state index in [1.165, 1.54) is 4.70 Å². The fourth-order valence-electron chi connectivity index (χ4n) is 3.55. The number of para-hydroxylation sites is 1. The molecule has 2 aliphatic heterocycles. The number of nitrogens with zero attached hydrogens (tertiary/aromatic N) is 3. The summed E-state index contributed by atoms with van der Waals surface area (Å²) in [5.41, 5.74) is 6.68. The van der Waals surface area contributed by atoms with Crippen molar-refractivity contribution in [2.45, 2.75) is 24.9 Å². The predicted octanol–water partition coefficient (Wildman–Crippen LogP) is 1.45. The quantitative estimate of drug-likeness (QED) is 0.897. The maximum absolute atomic E-state index is 12.8. The van der Waals surface area contributed by atoms with Gasteiger partial charge in [-0.1, -0.05) is 12.1 Å². The predicted molar refractivity (Wildman–Crippen MR) is 98.4 cm³/mol. The van der Waals surface area contributed by atoms with Crippen molar-refractivity contribution in [3.05, 3.63) is 29.3 Å². The van der Waals surface area contributed by atoms with Crippen LogP contribution in [-0.4, -0.2) is 65.6 Å². The molecule has 1 amide bonds. The van der Waals surface area contributed by atoms with Gasteiger partial charge in [0.15, 0.2) is 0 Å². The van der Waals surface area contributed by atoms with Gasteiger partial charge in [0.1, 0.15) is 5.01 Å². The lowest BCUT2D eigenvalue weighted by atomic mass is 9.89. The van der Waals surface area contributed by atoms with Crippen molar-refractivity contribution in [2.75, 3.05) is 39.4 Å². The van der Waals surface area contributed by atoms with Gasteiger partial charge in [-0.3, -0.25) is 9.69 Å². The minimum Gasteiger partial charge on any atom is -0.381 e.